The molecule has 0 spiro atoms. The molecule has 0 amide bonds. The molecule has 1 saturated heterocycles. The summed E-state index contributed by atoms with van der Waals surface area (Å²) in [5.41, 5.74) is 9.77. The number of nitrogens with two attached hydrogens (primary N) is 1. The van der Waals surface area contributed by atoms with E-state index in [1.165, 1.54) is 0 Å². The van der Waals surface area contributed by atoms with Gasteiger partial charge in [-0.1, -0.05) is 24.8 Å². The molecule has 4 aromatic rings. The third-order valence-corrected chi connectivity index (χ3v) is 6.64. The van der Waals surface area contributed by atoms with Gasteiger partial charge in [0, 0.05) is 49.0 Å². The Bertz CT molecular complexity index is 1520. The van der Waals surface area contributed by atoms with Gasteiger partial charge in [-0.2, -0.15) is 4.98 Å². The molecule has 11 nitrogen and oxygen atoms in total. The quantitative estimate of drug-likeness (QED) is 0.270. The molecular formula is C25H27N9O2S. The number of fused-ring (bicyclic) bond motifs is 1. The van der Waals surface area contributed by atoms with Crippen LogP contribution >= 0.6 is 0 Å². The van der Waals surface area contributed by atoms with E-state index in [2.05, 4.69) is 48.4 Å². The van der Waals surface area contributed by atoms with Crippen LogP contribution in [-0.4, -0.2) is 66.5 Å². The van der Waals surface area contributed by atoms with Gasteiger partial charge in [0.2, 0.25) is 16.8 Å². The summed E-state index contributed by atoms with van der Waals surface area (Å²) in [5, 5.41) is 3.85. The Morgan fingerprint density at radius 1 is 1.05 bits per heavy atom. The lowest BCUT2D eigenvalue weighted by Gasteiger charge is -2.33. The van der Waals surface area contributed by atoms with Gasteiger partial charge in [0.05, 0.1) is 17.6 Å². The van der Waals surface area contributed by atoms with Crippen molar-refractivity contribution in [3.63, 3.8) is 0 Å². The molecule has 1 aromatic carbocycles. The number of piperazine rings is 1. The highest BCUT2D eigenvalue weighted by molar-refractivity contribution is 7.70. The molecule has 0 radical (unpaired) electrons. The summed E-state index contributed by atoms with van der Waals surface area (Å²) >= 11 is 0. The van der Waals surface area contributed by atoms with Gasteiger partial charge in [-0.15, -0.1) is 0 Å². The number of thiol groups is 1. The highest BCUT2D eigenvalue weighted by atomic mass is 32.2. The molecular weight excluding hydrogens is 490 g/mol. The van der Waals surface area contributed by atoms with Crippen molar-refractivity contribution in [3.8, 4) is 11.3 Å². The number of nitrogens with zero attached hydrogens (tertiary/aromatic N) is 6. The van der Waals surface area contributed by atoms with E-state index in [1.54, 1.807) is 36.7 Å². The molecule has 4 N–H and O–H groups in total. The summed E-state index contributed by atoms with van der Waals surface area (Å²) in [7, 11) is -0.695. The molecule has 0 unspecified atom stereocenters. The summed E-state index contributed by atoms with van der Waals surface area (Å²) in [5.74, 6) is 1.56. The fourth-order valence-corrected chi connectivity index (χ4v) is 4.54. The summed E-state index contributed by atoms with van der Waals surface area (Å²) in [6.07, 6.45) is 3.39. The van der Waals surface area contributed by atoms with Crippen LogP contribution in [0.5, 0.6) is 0 Å². The first-order valence-corrected chi connectivity index (χ1v) is 12.8. The second-order valence-corrected chi connectivity index (χ2v) is 9.47. The first-order chi connectivity index (χ1) is 17.9. The van der Waals surface area contributed by atoms with E-state index in [0.29, 0.717) is 33.9 Å². The normalized spacial score (nSPS) is 14.2. The summed E-state index contributed by atoms with van der Waals surface area (Å²) in [4.78, 5) is 22.8. The van der Waals surface area contributed by atoms with Crippen molar-refractivity contribution < 1.29 is 8.42 Å². The number of hydrogen-bond donors (Lipinski definition) is 4. The van der Waals surface area contributed by atoms with Gasteiger partial charge in [-0.3, -0.25) is 9.71 Å². The lowest BCUT2D eigenvalue weighted by Crippen LogP contribution is -2.44. The number of nitrogens with one attached hydrogen (secondary N) is 2. The van der Waals surface area contributed by atoms with Gasteiger partial charge >= 0.3 is 0 Å². The predicted octanol–water partition coefficient (Wildman–Crippen LogP) is 2.25. The number of benzene rings is 1. The van der Waals surface area contributed by atoms with E-state index in [9.17, 15) is 8.42 Å². The van der Waals surface area contributed by atoms with Crippen LogP contribution in [0, 0.1) is 0 Å². The maximum absolute atomic E-state index is 11.1. The fourth-order valence-electron chi connectivity index (χ4n) is 4.19. The predicted molar refractivity (Wildman–Crippen MR) is 147 cm³/mol. The zero-order valence-electron chi connectivity index (χ0n) is 20.3. The minimum absolute atomic E-state index is 0.266. The lowest BCUT2D eigenvalue weighted by atomic mass is 10.0. The van der Waals surface area contributed by atoms with E-state index < -0.39 is 10.9 Å². The number of hydrogen-bond acceptors (Lipinski definition) is 10. The molecule has 1 aliphatic heterocycles. The van der Waals surface area contributed by atoms with Gasteiger partial charge < -0.3 is 20.9 Å². The second-order valence-electron chi connectivity index (χ2n) is 8.74. The maximum Gasteiger partial charge on any atom is 0.229 e. The average molecular weight is 518 g/mol. The van der Waals surface area contributed by atoms with Gasteiger partial charge in [0.25, 0.3) is 0 Å². The molecule has 0 saturated carbocycles. The highest BCUT2D eigenvalue weighted by Crippen LogP contribution is 2.30. The molecule has 3 aromatic heterocycles. The van der Waals surface area contributed by atoms with Crippen molar-refractivity contribution >= 4 is 50.8 Å². The van der Waals surface area contributed by atoms with Gasteiger partial charge in [-0.05, 0) is 36.9 Å². The lowest BCUT2D eigenvalue weighted by molar-refractivity contribution is 0.312. The van der Waals surface area contributed by atoms with E-state index in [-0.39, 0.29) is 5.70 Å². The molecule has 1 fully saturated rings. The van der Waals surface area contributed by atoms with Crippen molar-refractivity contribution in [3.05, 3.63) is 67.0 Å². The van der Waals surface area contributed by atoms with E-state index in [1.807, 2.05) is 18.2 Å². The first kappa shape index (κ1) is 24.4. The third kappa shape index (κ3) is 5.44. The van der Waals surface area contributed by atoms with Crippen molar-refractivity contribution in [2.75, 3.05) is 49.2 Å². The van der Waals surface area contributed by atoms with Crippen LogP contribution in [0.15, 0.2) is 61.4 Å². The zero-order chi connectivity index (χ0) is 25.9. The Morgan fingerprint density at radius 2 is 1.86 bits per heavy atom. The third-order valence-electron chi connectivity index (χ3n) is 6.19. The largest absolute Gasteiger partial charge is 0.383 e. The Kier molecular flexibility index (Phi) is 6.84. The number of aromatic nitrogens is 4. The molecule has 37 heavy (non-hydrogen) atoms. The van der Waals surface area contributed by atoms with Crippen LogP contribution in [0.3, 0.4) is 0 Å². The van der Waals surface area contributed by atoms with E-state index in [0.717, 1.165) is 43.2 Å². The molecule has 0 aliphatic carbocycles. The SMILES string of the molecule is C=C(N[SH](=O)=O)c1cccc(-c2nccc3c(N)nc(Nc4ccc(N5CCN(C)CC5)nc4)nc23)c1. The van der Waals surface area contributed by atoms with Crippen molar-refractivity contribution in [2.24, 2.45) is 0 Å². The standard InChI is InChI=1S/C25H27N9O2S/c1-16(32-37(35)36)17-4-3-5-18(14-17)22-23-20(8-9-27-22)24(26)31-25(30-23)29-19-6-7-21(28-15-19)34-12-10-33(2)11-13-34/h3-9,14-15,37H,1,10-13H2,2H3,(H,32,35,36)(H3,26,29,30,31). The Labute approximate surface area is 216 Å². The minimum atomic E-state index is -2.82. The molecule has 4 heterocycles. The highest BCUT2D eigenvalue weighted by Gasteiger charge is 2.16. The van der Waals surface area contributed by atoms with Gasteiger partial charge in [0.1, 0.15) is 17.2 Å². The van der Waals surface area contributed by atoms with Crippen molar-refractivity contribution in [2.45, 2.75) is 0 Å². The molecule has 0 atom stereocenters. The summed E-state index contributed by atoms with van der Waals surface area (Å²) in [6, 6.07) is 12.9. The number of anilines is 4. The van der Waals surface area contributed by atoms with E-state index in [4.69, 9.17) is 10.7 Å². The van der Waals surface area contributed by atoms with Crippen molar-refractivity contribution in [1.82, 2.24) is 29.6 Å². The molecule has 1 aliphatic rings. The Hall–Kier alpha value is -4.29. The van der Waals surface area contributed by atoms with Crippen molar-refractivity contribution in [1.29, 1.82) is 0 Å². The van der Waals surface area contributed by atoms with E-state index >= 15 is 0 Å². The summed E-state index contributed by atoms with van der Waals surface area (Å²) < 4.78 is 24.4. The second kappa shape index (κ2) is 10.4. The van der Waals surface area contributed by atoms with Crippen LogP contribution in [0.2, 0.25) is 0 Å². The van der Waals surface area contributed by atoms with Crippen LogP contribution in [0.1, 0.15) is 5.56 Å². The van der Waals surface area contributed by atoms with Crippen LogP contribution < -0.4 is 20.7 Å². The number of rotatable bonds is 7. The fraction of sp³-hybridized carbons (Fsp3) is 0.200. The maximum atomic E-state index is 11.1. The number of likely N-dealkylation sites (N-methyl/N-ethyl adjacent to an activating group) is 1. The summed E-state index contributed by atoms with van der Waals surface area (Å²) in [6.45, 7) is 7.69. The minimum Gasteiger partial charge on any atom is -0.383 e. The Balaban J connectivity index is 1.44. The first-order valence-electron chi connectivity index (χ1n) is 11.7. The molecule has 5 rings (SSSR count). The number of nitrogen functional groups attached to an aromatic ring is 1. The average Bonchev–Trinajstić information content (AvgIpc) is 2.89. The smallest absolute Gasteiger partial charge is 0.229 e. The topological polar surface area (TPSA) is 142 Å². The van der Waals surface area contributed by atoms with Gasteiger partial charge in [-0.25, -0.2) is 18.4 Å². The molecule has 0 bridgehead atoms. The Morgan fingerprint density at radius 3 is 2.59 bits per heavy atom. The van der Waals surface area contributed by atoms with Crippen LogP contribution in [-0.2, 0) is 10.9 Å². The van der Waals surface area contributed by atoms with Crippen LogP contribution in [0.25, 0.3) is 27.9 Å². The molecule has 12 heteroatoms. The molecule has 190 valence electrons. The van der Waals surface area contributed by atoms with Gasteiger partial charge in [0.15, 0.2) is 0 Å². The zero-order valence-corrected chi connectivity index (χ0v) is 21.2. The monoisotopic (exact) mass is 517 g/mol. The van der Waals surface area contributed by atoms with Crippen LogP contribution in [0.4, 0.5) is 23.3 Å². The number of pyridine rings is 2.